The van der Waals surface area contributed by atoms with Crippen molar-refractivity contribution in [3.8, 4) is 11.5 Å². The van der Waals surface area contributed by atoms with Crippen LogP contribution in [0.25, 0.3) is 6.08 Å². The molecule has 6 nitrogen and oxygen atoms in total. The fraction of sp³-hybridized carbons (Fsp3) is 0.261. The van der Waals surface area contributed by atoms with Gasteiger partial charge in [-0.25, -0.2) is 4.79 Å². The monoisotopic (exact) mass is 457 g/mol. The van der Waals surface area contributed by atoms with E-state index in [2.05, 4.69) is 6.92 Å². The Labute approximate surface area is 191 Å². The lowest BCUT2D eigenvalue weighted by Crippen LogP contribution is -2.27. The van der Waals surface area contributed by atoms with Gasteiger partial charge in [0.1, 0.15) is 0 Å². The predicted octanol–water partition coefficient (Wildman–Crippen LogP) is 4.61. The van der Waals surface area contributed by atoms with Gasteiger partial charge in [0.2, 0.25) is 0 Å². The number of carbonyl (C=O) groups is 2. The molecule has 2 aromatic rings. The number of para-hydroxylation sites is 1. The molecule has 1 fully saturated rings. The Morgan fingerprint density at radius 1 is 1.16 bits per heavy atom. The number of hydrogen-bond donors (Lipinski definition) is 0. The summed E-state index contributed by atoms with van der Waals surface area (Å²) in [6.07, 6.45) is 2.62. The van der Waals surface area contributed by atoms with Crippen LogP contribution in [-0.2, 0) is 20.7 Å². The van der Waals surface area contributed by atoms with Crippen molar-refractivity contribution < 1.29 is 23.8 Å². The lowest BCUT2D eigenvalue weighted by Gasteiger charge is -2.15. The second-order valence-electron chi connectivity index (χ2n) is 6.51. The zero-order valence-electron chi connectivity index (χ0n) is 17.5. The first-order valence-corrected chi connectivity index (χ1v) is 11.0. The number of thiocarbonyl (C=S) groups is 1. The number of benzene rings is 2. The molecule has 1 amide bonds. The number of aryl methyl sites for hydroxylation is 1. The van der Waals surface area contributed by atoms with Gasteiger partial charge in [-0.1, -0.05) is 55.2 Å². The van der Waals surface area contributed by atoms with Gasteiger partial charge in [-0.05, 0) is 43.2 Å². The molecule has 0 bridgehead atoms. The van der Waals surface area contributed by atoms with Crippen molar-refractivity contribution in [1.82, 2.24) is 0 Å². The van der Waals surface area contributed by atoms with Crippen molar-refractivity contribution in [2.24, 2.45) is 0 Å². The highest BCUT2D eigenvalue weighted by Gasteiger charge is 2.33. The van der Waals surface area contributed by atoms with Crippen LogP contribution in [0.3, 0.4) is 0 Å². The van der Waals surface area contributed by atoms with Crippen LogP contribution < -0.4 is 14.4 Å². The maximum absolute atomic E-state index is 13.1. The van der Waals surface area contributed by atoms with Crippen molar-refractivity contribution in [3.63, 3.8) is 0 Å². The van der Waals surface area contributed by atoms with Crippen LogP contribution >= 0.6 is 24.0 Å². The fourth-order valence-corrected chi connectivity index (χ4v) is 4.30. The zero-order chi connectivity index (χ0) is 22.4. The minimum atomic E-state index is -0.485. The number of thioether (sulfide) groups is 1. The van der Waals surface area contributed by atoms with Crippen LogP contribution in [0.2, 0.25) is 0 Å². The molecule has 0 radical (unpaired) electrons. The molecule has 0 aromatic heterocycles. The van der Waals surface area contributed by atoms with E-state index in [1.54, 1.807) is 31.2 Å². The molecule has 0 saturated carbocycles. The Kier molecular flexibility index (Phi) is 7.70. The number of nitrogens with zero attached hydrogens (tertiary/aromatic N) is 1. The van der Waals surface area contributed by atoms with Crippen LogP contribution in [0.1, 0.15) is 25.0 Å². The normalized spacial score (nSPS) is 14.8. The van der Waals surface area contributed by atoms with Crippen molar-refractivity contribution in [2.75, 3.05) is 25.2 Å². The molecule has 3 rings (SSSR count). The topological polar surface area (TPSA) is 65.1 Å². The second-order valence-corrected chi connectivity index (χ2v) is 8.19. The second kappa shape index (κ2) is 10.5. The highest BCUT2D eigenvalue weighted by atomic mass is 32.2. The lowest BCUT2D eigenvalue weighted by molar-refractivity contribution is -0.145. The van der Waals surface area contributed by atoms with Gasteiger partial charge < -0.3 is 14.2 Å². The SMILES string of the molecule is CCOC(=O)COc1c(/C=C2\SC(=S)N(c3ccc(CC)cc3)C2=O)cccc1OC. The molecule has 1 aliphatic rings. The average Bonchev–Trinajstić information content (AvgIpc) is 3.05. The van der Waals surface area contributed by atoms with Crippen LogP contribution in [0.15, 0.2) is 47.4 Å². The molecule has 8 heteroatoms. The Morgan fingerprint density at radius 2 is 1.90 bits per heavy atom. The number of anilines is 1. The third kappa shape index (κ3) is 5.26. The summed E-state index contributed by atoms with van der Waals surface area (Å²) in [5.41, 5.74) is 2.52. The molecule has 0 atom stereocenters. The van der Waals surface area contributed by atoms with Crippen molar-refractivity contribution in [2.45, 2.75) is 20.3 Å². The van der Waals surface area contributed by atoms with Gasteiger partial charge in [0.05, 0.1) is 24.3 Å². The maximum Gasteiger partial charge on any atom is 0.344 e. The van der Waals surface area contributed by atoms with Gasteiger partial charge >= 0.3 is 5.97 Å². The van der Waals surface area contributed by atoms with E-state index in [9.17, 15) is 9.59 Å². The summed E-state index contributed by atoms with van der Waals surface area (Å²) in [5.74, 6) is 0.110. The molecule has 0 N–H and O–H groups in total. The van der Waals surface area contributed by atoms with Crippen LogP contribution in [0.5, 0.6) is 11.5 Å². The summed E-state index contributed by atoms with van der Waals surface area (Å²) in [7, 11) is 1.51. The van der Waals surface area contributed by atoms with E-state index in [0.717, 1.165) is 12.1 Å². The summed E-state index contributed by atoms with van der Waals surface area (Å²) in [6, 6.07) is 13.1. The molecule has 0 unspecified atom stereocenters. The fourth-order valence-electron chi connectivity index (χ4n) is 3.01. The Bertz CT molecular complexity index is 1020. The van der Waals surface area contributed by atoms with Gasteiger partial charge in [-0.2, -0.15) is 0 Å². The number of esters is 1. The van der Waals surface area contributed by atoms with Crippen molar-refractivity contribution in [3.05, 3.63) is 58.5 Å². The molecule has 1 aliphatic heterocycles. The van der Waals surface area contributed by atoms with E-state index in [4.69, 9.17) is 26.4 Å². The summed E-state index contributed by atoms with van der Waals surface area (Å²) in [4.78, 5) is 26.8. The number of hydrogen-bond acceptors (Lipinski definition) is 7. The van der Waals surface area contributed by atoms with Crippen LogP contribution in [-0.4, -0.2) is 36.5 Å². The molecule has 1 saturated heterocycles. The summed E-state index contributed by atoms with van der Waals surface area (Å²) in [5, 5.41) is 0. The Morgan fingerprint density at radius 3 is 2.55 bits per heavy atom. The highest BCUT2D eigenvalue weighted by Crippen LogP contribution is 2.39. The van der Waals surface area contributed by atoms with Gasteiger partial charge in [0.25, 0.3) is 5.91 Å². The van der Waals surface area contributed by atoms with E-state index in [-0.39, 0.29) is 19.1 Å². The first-order valence-electron chi connectivity index (χ1n) is 9.80. The molecule has 2 aromatic carbocycles. The van der Waals surface area contributed by atoms with Crippen molar-refractivity contribution in [1.29, 1.82) is 0 Å². The quantitative estimate of drug-likeness (QED) is 0.326. The Hall–Kier alpha value is -2.84. The molecular formula is C23H23NO5S2. The first kappa shape index (κ1) is 22.8. The van der Waals surface area contributed by atoms with E-state index < -0.39 is 5.97 Å². The van der Waals surface area contributed by atoms with Gasteiger partial charge in [0, 0.05) is 5.56 Å². The summed E-state index contributed by atoms with van der Waals surface area (Å²) < 4.78 is 16.4. The van der Waals surface area contributed by atoms with Gasteiger partial charge in [-0.15, -0.1) is 0 Å². The Balaban J connectivity index is 1.89. The van der Waals surface area contributed by atoms with Crippen molar-refractivity contribution >= 4 is 51.9 Å². The largest absolute Gasteiger partial charge is 0.493 e. The molecule has 31 heavy (non-hydrogen) atoms. The number of ether oxygens (including phenoxy) is 3. The van der Waals surface area contributed by atoms with E-state index in [1.807, 2.05) is 24.3 Å². The first-order chi connectivity index (χ1) is 15.0. The van der Waals surface area contributed by atoms with E-state index in [0.29, 0.717) is 26.3 Å². The molecular weight excluding hydrogens is 434 g/mol. The number of methoxy groups -OCH3 is 1. The number of rotatable bonds is 8. The minimum Gasteiger partial charge on any atom is -0.493 e. The lowest BCUT2D eigenvalue weighted by atomic mass is 10.1. The smallest absolute Gasteiger partial charge is 0.344 e. The summed E-state index contributed by atoms with van der Waals surface area (Å²) >= 11 is 6.68. The summed E-state index contributed by atoms with van der Waals surface area (Å²) in [6.45, 7) is 3.81. The molecule has 0 aliphatic carbocycles. The van der Waals surface area contributed by atoms with E-state index in [1.165, 1.54) is 29.3 Å². The third-order valence-corrected chi connectivity index (χ3v) is 5.85. The molecule has 162 valence electrons. The number of carbonyl (C=O) groups excluding carboxylic acids is 2. The van der Waals surface area contributed by atoms with Gasteiger partial charge in [0.15, 0.2) is 22.4 Å². The average molecular weight is 458 g/mol. The predicted molar refractivity (Wildman–Crippen MR) is 127 cm³/mol. The highest BCUT2D eigenvalue weighted by molar-refractivity contribution is 8.27. The number of amides is 1. The minimum absolute atomic E-state index is 0.210. The van der Waals surface area contributed by atoms with E-state index >= 15 is 0 Å². The third-order valence-electron chi connectivity index (χ3n) is 4.55. The standard InChI is InChI=1S/C23H23NO5S2/c1-4-15-9-11-17(12-10-15)24-22(26)19(31-23(24)30)13-16-7-6-8-18(27-3)21(16)29-14-20(25)28-5-2/h6-13H,4-5,14H2,1-3H3/b19-13-. The molecule has 1 heterocycles. The van der Waals surface area contributed by atoms with Gasteiger partial charge in [-0.3, -0.25) is 9.69 Å². The zero-order valence-corrected chi connectivity index (χ0v) is 19.2. The maximum atomic E-state index is 13.1. The van der Waals surface area contributed by atoms with Crippen LogP contribution in [0, 0.1) is 0 Å². The molecule has 0 spiro atoms. The van der Waals surface area contributed by atoms with Crippen LogP contribution in [0.4, 0.5) is 5.69 Å².